The van der Waals surface area contributed by atoms with Gasteiger partial charge in [0, 0.05) is 5.56 Å². The van der Waals surface area contributed by atoms with Gasteiger partial charge in [-0.15, -0.1) is 0 Å². The molecule has 0 saturated carbocycles. The number of alkyl carbamates (subject to hydrolysis) is 1. The van der Waals surface area contributed by atoms with Gasteiger partial charge in [-0.3, -0.25) is 0 Å². The average Bonchev–Trinajstić information content (AvgIpc) is 2.75. The maximum Gasteiger partial charge on any atom is 0.408 e. The lowest BCUT2D eigenvalue weighted by Crippen LogP contribution is -2.44. The quantitative estimate of drug-likeness (QED) is 0.310. The first kappa shape index (κ1) is 24.0. The van der Waals surface area contributed by atoms with Gasteiger partial charge in [0.25, 0.3) is 0 Å². The third-order valence-electron chi connectivity index (χ3n) is 5.36. The van der Waals surface area contributed by atoms with Crippen molar-refractivity contribution in [2.75, 3.05) is 0 Å². The van der Waals surface area contributed by atoms with Crippen molar-refractivity contribution in [3.63, 3.8) is 0 Å². The topological polar surface area (TPSA) is 94.8 Å². The Morgan fingerprint density at radius 1 is 1.03 bits per heavy atom. The van der Waals surface area contributed by atoms with Gasteiger partial charge in [0.05, 0.1) is 5.39 Å². The highest BCUT2D eigenvalue weighted by Crippen LogP contribution is 2.31. The molecule has 1 amide bonds. The third-order valence-corrected chi connectivity index (χ3v) is 5.36. The molecule has 0 spiro atoms. The molecule has 3 aromatic rings. The first-order chi connectivity index (χ1) is 15.7. The van der Waals surface area contributed by atoms with Gasteiger partial charge in [-0.25, -0.2) is 14.4 Å². The van der Waals surface area contributed by atoms with Crippen LogP contribution in [-0.4, -0.2) is 18.1 Å². The zero-order chi connectivity index (χ0) is 24.1. The highest BCUT2D eigenvalue weighted by atomic mass is 16.6. The number of benzene rings is 2. The van der Waals surface area contributed by atoms with Gasteiger partial charge >= 0.3 is 17.7 Å². The van der Waals surface area contributed by atoms with Crippen molar-refractivity contribution in [2.45, 2.75) is 53.7 Å². The molecule has 0 unspecified atom stereocenters. The van der Waals surface area contributed by atoms with E-state index in [-0.39, 0.29) is 18.3 Å². The minimum atomic E-state index is -0.902. The predicted molar refractivity (Wildman–Crippen MR) is 125 cm³/mol. The first-order valence-corrected chi connectivity index (χ1v) is 10.9. The molecular weight excluding hydrogens is 422 g/mol. The van der Waals surface area contributed by atoms with Crippen molar-refractivity contribution in [3.8, 4) is 5.75 Å². The Bertz CT molecular complexity index is 1210. The normalized spacial score (nSPS) is 11.9. The van der Waals surface area contributed by atoms with E-state index in [1.807, 2.05) is 51.1 Å². The number of aryl methyl sites for hydroxylation is 2. The number of ether oxygens (including phenoxy) is 2. The monoisotopic (exact) mass is 451 g/mol. The lowest BCUT2D eigenvalue weighted by Gasteiger charge is -2.20. The van der Waals surface area contributed by atoms with Crippen LogP contribution >= 0.6 is 0 Å². The highest BCUT2D eigenvalue weighted by Gasteiger charge is 2.26. The molecule has 1 aromatic heterocycles. The second-order valence-corrected chi connectivity index (χ2v) is 8.59. The highest BCUT2D eigenvalue weighted by molar-refractivity contribution is 5.92. The maximum absolute atomic E-state index is 13.1. The number of hydrogen-bond acceptors (Lipinski definition) is 6. The van der Waals surface area contributed by atoms with Crippen LogP contribution in [0.15, 0.2) is 51.7 Å². The number of carbonyl (C=O) groups is 2. The zero-order valence-electron chi connectivity index (χ0n) is 19.6. The van der Waals surface area contributed by atoms with E-state index >= 15 is 0 Å². The van der Waals surface area contributed by atoms with E-state index in [0.29, 0.717) is 28.5 Å². The number of hydrogen-bond donors (Lipinski definition) is 1. The van der Waals surface area contributed by atoms with E-state index in [1.165, 1.54) is 0 Å². The Morgan fingerprint density at radius 2 is 1.73 bits per heavy atom. The molecule has 0 bridgehead atoms. The molecule has 1 atom stereocenters. The number of amides is 1. The van der Waals surface area contributed by atoms with E-state index in [0.717, 1.165) is 11.1 Å². The van der Waals surface area contributed by atoms with Crippen LogP contribution in [0.4, 0.5) is 4.79 Å². The van der Waals surface area contributed by atoms with Gasteiger partial charge in [0.15, 0.2) is 0 Å². The predicted octanol–water partition coefficient (Wildman–Crippen LogP) is 4.96. The van der Waals surface area contributed by atoms with Crippen LogP contribution in [0.1, 0.15) is 42.5 Å². The molecule has 2 aromatic carbocycles. The van der Waals surface area contributed by atoms with Crippen LogP contribution in [0.25, 0.3) is 11.0 Å². The Hall–Kier alpha value is -3.61. The Kier molecular flexibility index (Phi) is 7.53. The molecule has 33 heavy (non-hydrogen) atoms. The van der Waals surface area contributed by atoms with Gasteiger partial charge < -0.3 is 19.2 Å². The van der Waals surface area contributed by atoms with E-state index in [2.05, 4.69) is 5.32 Å². The molecule has 0 aliphatic carbocycles. The van der Waals surface area contributed by atoms with Crippen molar-refractivity contribution in [1.82, 2.24) is 5.32 Å². The van der Waals surface area contributed by atoms with Crippen LogP contribution in [0.3, 0.4) is 0 Å². The van der Waals surface area contributed by atoms with Crippen molar-refractivity contribution in [3.05, 3.63) is 75.1 Å². The molecule has 7 nitrogen and oxygen atoms in total. The second-order valence-electron chi connectivity index (χ2n) is 8.59. The van der Waals surface area contributed by atoms with Crippen LogP contribution in [-0.2, 0) is 16.1 Å². The lowest BCUT2D eigenvalue weighted by atomic mass is 10.0. The Morgan fingerprint density at radius 3 is 2.39 bits per heavy atom. The standard InChI is InChI=1S/C26H29NO6/c1-15(2)11-20(27-26(30)31-14-19-9-7-6-8-10-19)25(29)33-22-13-16(3)12-21-23(22)17(4)18(5)24(28)32-21/h6-10,12-13,15,20H,11,14H2,1-5H3,(H,27,30)/t20-/m0/s1. The van der Waals surface area contributed by atoms with Gasteiger partial charge in [0.2, 0.25) is 0 Å². The lowest BCUT2D eigenvalue weighted by molar-refractivity contribution is -0.137. The summed E-state index contributed by atoms with van der Waals surface area (Å²) < 4.78 is 16.4. The smallest absolute Gasteiger partial charge is 0.408 e. The first-order valence-electron chi connectivity index (χ1n) is 10.9. The summed E-state index contributed by atoms with van der Waals surface area (Å²) in [5.41, 5.74) is 2.66. The van der Waals surface area contributed by atoms with Gasteiger partial charge in [-0.05, 0) is 61.9 Å². The molecular formula is C26H29NO6. The summed E-state index contributed by atoms with van der Waals surface area (Å²) in [5, 5.41) is 3.18. The van der Waals surface area contributed by atoms with Crippen molar-refractivity contribution >= 4 is 23.0 Å². The number of fused-ring (bicyclic) bond motifs is 1. The third kappa shape index (κ3) is 6.00. The summed E-state index contributed by atoms with van der Waals surface area (Å²) in [6.07, 6.45) is -0.329. The summed E-state index contributed by atoms with van der Waals surface area (Å²) in [4.78, 5) is 37.5. The molecule has 0 fully saturated rings. The van der Waals surface area contributed by atoms with Crippen molar-refractivity contribution in [1.29, 1.82) is 0 Å². The minimum Gasteiger partial charge on any atom is -0.445 e. The fourth-order valence-electron chi connectivity index (χ4n) is 3.54. The van der Waals surface area contributed by atoms with Gasteiger partial charge in [-0.2, -0.15) is 0 Å². The molecule has 3 rings (SSSR count). The summed E-state index contributed by atoms with van der Waals surface area (Å²) in [5.74, 6) is -0.212. The molecule has 1 heterocycles. The number of carbonyl (C=O) groups excluding carboxylic acids is 2. The Balaban J connectivity index is 1.81. The molecule has 7 heteroatoms. The SMILES string of the molecule is Cc1cc(OC(=O)[C@H](CC(C)C)NC(=O)OCc2ccccc2)c2c(C)c(C)c(=O)oc2c1. The second kappa shape index (κ2) is 10.3. The van der Waals surface area contributed by atoms with Gasteiger partial charge in [0.1, 0.15) is 24.0 Å². The minimum absolute atomic E-state index is 0.0934. The van der Waals surface area contributed by atoms with E-state index < -0.39 is 23.7 Å². The molecule has 0 radical (unpaired) electrons. The van der Waals surface area contributed by atoms with Gasteiger partial charge in [-0.1, -0.05) is 44.2 Å². The fraction of sp³-hybridized carbons (Fsp3) is 0.346. The Labute approximate surface area is 192 Å². The number of rotatable bonds is 7. The largest absolute Gasteiger partial charge is 0.445 e. The van der Waals surface area contributed by atoms with Crippen LogP contribution < -0.4 is 15.7 Å². The average molecular weight is 452 g/mol. The zero-order valence-corrected chi connectivity index (χ0v) is 19.6. The number of esters is 1. The molecule has 174 valence electrons. The van der Waals surface area contributed by atoms with Crippen LogP contribution in [0.2, 0.25) is 0 Å². The van der Waals surface area contributed by atoms with Crippen LogP contribution in [0, 0.1) is 26.7 Å². The molecule has 0 aliphatic heterocycles. The summed E-state index contributed by atoms with van der Waals surface area (Å²) in [7, 11) is 0. The molecule has 1 N–H and O–H groups in total. The van der Waals surface area contributed by atoms with E-state index in [4.69, 9.17) is 13.9 Å². The molecule has 0 saturated heterocycles. The maximum atomic E-state index is 13.1. The van der Waals surface area contributed by atoms with E-state index in [1.54, 1.807) is 26.0 Å². The van der Waals surface area contributed by atoms with Crippen LogP contribution in [0.5, 0.6) is 5.75 Å². The van der Waals surface area contributed by atoms with Crippen molar-refractivity contribution in [2.24, 2.45) is 5.92 Å². The summed E-state index contributed by atoms with van der Waals surface area (Å²) >= 11 is 0. The summed E-state index contributed by atoms with van der Waals surface area (Å²) in [6, 6.07) is 11.8. The number of nitrogens with one attached hydrogen (secondary N) is 1. The van der Waals surface area contributed by atoms with Crippen molar-refractivity contribution < 1.29 is 23.5 Å². The fourth-order valence-corrected chi connectivity index (χ4v) is 3.54. The molecule has 0 aliphatic rings. The summed E-state index contributed by atoms with van der Waals surface area (Å²) in [6.45, 7) is 9.25. The van der Waals surface area contributed by atoms with E-state index in [9.17, 15) is 14.4 Å².